The highest BCUT2D eigenvalue weighted by Crippen LogP contribution is 2.18. The van der Waals surface area contributed by atoms with Crippen LogP contribution in [0.2, 0.25) is 0 Å². The predicted octanol–water partition coefficient (Wildman–Crippen LogP) is 2.08. The van der Waals surface area contributed by atoms with Crippen LogP contribution in [0.15, 0.2) is 53.4 Å². The van der Waals surface area contributed by atoms with E-state index in [1.54, 1.807) is 24.3 Å². The van der Waals surface area contributed by atoms with Crippen molar-refractivity contribution in [1.82, 2.24) is 0 Å². The van der Waals surface area contributed by atoms with Crippen molar-refractivity contribution in [2.45, 2.75) is 11.8 Å². The molecule has 0 heterocycles. The molecular weight excluding hydrogens is 262 g/mol. The Morgan fingerprint density at radius 3 is 1.95 bits per heavy atom. The first-order valence-electron chi connectivity index (χ1n) is 5.67. The van der Waals surface area contributed by atoms with E-state index in [2.05, 4.69) is 10.1 Å². The van der Waals surface area contributed by atoms with Gasteiger partial charge in [0.1, 0.15) is 0 Å². The van der Waals surface area contributed by atoms with Gasteiger partial charge in [-0.3, -0.25) is 10.6 Å². The first-order valence-corrected chi connectivity index (χ1v) is 7.16. The highest BCUT2D eigenvalue weighted by molar-refractivity contribution is 7.92. The molecule has 5 nitrogen and oxygen atoms in total. The molecule has 0 bridgehead atoms. The van der Waals surface area contributed by atoms with Gasteiger partial charge in [-0.1, -0.05) is 17.7 Å². The Balaban J connectivity index is 2.24. The summed E-state index contributed by atoms with van der Waals surface area (Å²) in [5.74, 6) is 5.23. The van der Waals surface area contributed by atoms with Crippen LogP contribution >= 0.6 is 0 Å². The summed E-state index contributed by atoms with van der Waals surface area (Å²) in [4.78, 5) is 0.187. The summed E-state index contributed by atoms with van der Waals surface area (Å²) < 4.78 is 26.8. The summed E-state index contributed by atoms with van der Waals surface area (Å²) in [6, 6.07) is 13.3. The van der Waals surface area contributed by atoms with E-state index in [0.29, 0.717) is 11.4 Å². The molecule has 0 saturated heterocycles. The molecule has 0 spiro atoms. The standard InChI is InChI=1S/C13H15N3O2S/c1-10-2-4-12(5-3-10)16-19(17,18)13-8-6-11(15-14)7-9-13/h2-9,15-16H,14H2,1H3. The van der Waals surface area contributed by atoms with Gasteiger partial charge in [-0.2, -0.15) is 0 Å². The maximum Gasteiger partial charge on any atom is 0.261 e. The summed E-state index contributed by atoms with van der Waals surface area (Å²) in [5, 5.41) is 0. The second kappa shape index (κ2) is 5.29. The van der Waals surface area contributed by atoms with Gasteiger partial charge in [-0.05, 0) is 43.3 Å². The third-order valence-electron chi connectivity index (χ3n) is 2.64. The lowest BCUT2D eigenvalue weighted by Gasteiger charge is -2.09. The molecule has 2 aromatic carbocycles. The van der Waals surface area contributed by atoms with E-state index >= 15 is 0 Å². The van der Waals surface area contributed by atoms with Gasteiger partial charge >= 0.3 is 0 Å². The smallest absolute Gasteiger partial charge is 0.261 e. The predicted molar refractivity (Wildman–Crippen MR) is 76.2 cm³/mol. The van der Waals surface area contributed by atoms with Crippen LogP contribution in [-0.2, 0) is 10.0 Å². The average Bonchev–Trinajstić information content (AvgIpc) is 2.41. The summed E-state index contributed by atoms with van der Waals surface area (Å²) in [6.45, 7) is 1.94. The number of aryl methyl sites for hydroxylation is 1. The van der Waals surface area contributed by atoms with Crippen molar-refractivity contribution in [2.24, 2.45) is 5.84 Å². The van der Waals surface area contributed by atoms with Crippen molar-refractivity contribution in [3.63, 3.8) is 0 Å². The number of hydrogen-bond donors (Lipinski definition) is 3. The zero-order chi connectivity index (χ0) is 13.9. The van der Waals surface area contributed by atoms with Gasteiger partial charge in [0.05, 0.1) is 4.90 Å². The minimum Gasteiger partial charge on any atom is -0.324 e. The number of anilines is 2. The molecule has 100 valence electrons. The monoisotopic (exact) mass is 277 g/mol. The van der Waals surface area contributed by atoms with Gasteiger partial charge in [-0.15, -0.1) is 0 Å². The largest absolute Gasteiger partial charge is 0.324 e. The summed E-state index contributed by atoms with van der Waals surface area (Å²) in [5.41, 5.74) is 4.70. The van der Waals surface area contributed by atoms with E-state index in [1.807, 2.05) is 19.1 Å². The molecule has 4 N–H and O–H groups in total. The minimum absolute atomic E-state index is 0.187. The van der Waals surface area contributed by atoms with Crippen LogP contribution in [-0.4, -0.2) is 8.42 Å². The number of sulfonamides is 1. The average molecular weight is 277 g/mol. The third-order valence-corrected chi connectivity index (χ3v) is 4.03. The highest BCUT2D eigenvalue weighted by Gasteiger charge is 2.13. The fourth-order valence-corrected chi connectivity index (χ4v) is 2.62. The second-order valence-corrected chi connectivity index (χ2v) is 5.82. The molecule has 6 heteroatoms. The van der Waals surface area contributed by atoms with Crippen molar-refractivity contribution in [2.75, 3.05) is 10.1 Å². The summed E-state index contributed by atoms with van der Waals surface area (Å²) in [7, 11) is -3.57. The van der Waals surface area contributed by atoms with Crippen LogP contribution < -0.4 is 16.0 Å². The Morgan fingerprint density at radius 2 is 1.42 bits per heavy atom. The number of nitrogens with two attached hydrogens (primary N) is 1. The molecule has 2 rings (SSSR count). The number of benzene rings is 2. The second-order valence-electron chi connectivity index (χ2n) is 4.14. The Kier molecular flexibility index (Phi) is 3.73. The number of nitrogen functional groups attached to an aromatic ring is 1. The molecule has 0 saturated carbocycles. The molecule has 0 aliphatic rings. The first kappa shape index (κ1) is 13.4. The number of nitrogens with one attached hydrogen (secondary N) is 2. The molecule has 0 fully saturated rings. The number of hydrogen-bond acceptors (Lipinski definition) is 4. The van der Waals surface area contributed by atoms with Gasteiger partial charge in [0.25, 0.3) is 10.0 Å². The molecule has 0 aromatic heterocycles. The van der Waals surface area contributed by atoms with E-state index in [-0.39, 0.29) is 4.90 Å². The Morgan fingerprint density at radius 1 is 0.895 bits per heavy atom. The number of rotatable bonds is 4. The maximum absolute atomic E-state index is 12.1. The number of hydrazine groups is 1. The summed E-state index contributed by atoms with van der Waals surface area (Å²) in [6.07, 6.45) is 0. The van der Waals surface area contributed by atoms with Crippen molar-refractivity contribution in [3.8, 4) is 0 Å². The Labute approximate surface area is 112 Å². The minimum atomic E-state index is -3.57. The van der Waals surface area contributed by atoms with E-state index in [0.717, 1.165) is 5.56 Å². The fourth-order valence-electron chi connectivity index (χ4n) is 1.57. The van der Waals surface area contributed by atoms with Crippen molar-refractivity contribution < 1.29 is 8.42 Å². The molecule has 0 unspecified atom stereocenters. The quantitative estimate of drug-likeness (QED) is 0.590. The highest BCUT2D eigenvalue weighted by atomic mass is 32.2. The molecule has 0 aliphatic heterocycles. The third kappa shape index (κ3) is 3.24. The lowest BCUT2D eigenvalue weighted by molar-refractivity contribution is 0.601. The van der Waals surface area contributed by atoms with Gasteiger partial charge in [-0.25, -0.2) is 8.42 Å². The van der Waals surface area contributed by atoms with Gasteiger partial charge in [0.2, 0.25) is 0 Å². The molecule has 0 radical (unpaired) electrons. The molecule has 0 atom stereocenters. The normalized spacial score (nSPS) is 11.1. The van der Waals surface area contributed by atoms with Crippen LogP contribution in [0, 0.1) is 6.92 Å². The molecule has 0 amide bonds. The lowest BCUT2D eigenvalue weighted by atomic mass is 10.2. The van der Waals surface area contributed by atoms with Crippen molar-refractivity contribution >= 4 is 21.4 Å². The molecular formula is C13H15N3O2S. The van der Waals surface area contributed by atoms with E-state index in [9.17, 15) is 8.42 Å². The topological polar surface area (TPSA) is 84.2 Å². The molecule has 2 aromatic rings. The van der Waals surface area contributed by atoms with Crippen LogP contribution in [0.25, 0.3) is 0 Å². The maximum atomic E-state index is 12.1. The van der Waals surface area contributed by atoms with Gasteiger partial charge in [0, 0.05) is 11.4 Å². The van der Waals surface area contributed by atoms with E-state index in [1.165, 1.54) is 12.1 Å². The summed E-state index contributed by atoms with van der Waals surface area (Å²) >= 11 is 0. The van der Waals surface area contributed by atoms with Gasteiger partial charge in [0.15, 0.2) is 0 Å². The lowest BCUT2D eigenvalue weighted by Crippen LogP contribution is -2.13. The Bertz CT molecular complexity index is 649. The van der Waals surface area contributed by atoms with Crippen LogP contribution in [0.4, 0.5) is 11.4 Å². The van der Waals surface area contributed by atoms with Crippen molar-refractivity contribution in [3.05, 3.63) is 54.1 Å². The van der Waals surface area contributed by atoms with E-state index in [4.69, 9.17) is 5.84 Å². The molecule has 19 heavy (non-hydrogen) atoms. The fraction of sp³-hybridized carbons (Fsp3) is 0.0769. The van der Waals surface area contributed by atoms with E-state index < -0.39 is 10.0 Å². The van der Waals surface area contributed by atoms with Crippen LogP contribution in [0.5, 0.6) is 0 Å². The molecule has 0 aliphatic carbocycles. The van der Waals surface area contributed by atoms with Crippen LogP contribution in [0.3, 0.4) is 0 Å². The van der Waals surface area contributed by atoms with Crippen LogP contribution in [0.1, 0.15) is 5.56 Å². The first-order chi connectivity index (χ1) is 9.01. The zero-order valence-electron chi connectivity index (χ0n) is 10.4. The zero-order valence-corrected chi connectivity index (χ0v) is 11.2. The van der Waals surface area contributed by atoms with Gasteiger partial charge < -0.3 is 5.43 Å². The van der Waals surface area contributed by atoms with Crippen molar-refractivity contribution in [1.29, 1.82) is 0 Å². The Hall–Kier alpha value is -2.05. The SMILES string of the molecule is Cc1ccc(NS(=O)(=O)c2ccc(NN)cc2)cc1.